The van der Waals surface area contributed by atoms with Crippen LogP contribution < -0.4 is 10.6 Å². The Balaban J connectivity index is 0. The zero-order valence-electron chi connectivity index (χ0n) is 11.9. The van der Waals surface area contributed by atoms with Crippen LogP contribution in [-0.4, -0.2) is 59.2 Å². The molecular formula is C11H26IN3O3S. The van der Waals surface area contributed by atoms with E-state index in [4.69, 9.17) is 4.74 Å². The fourth-order valence-corrected chi connectivity index (χ4v) is 1.90. The number of nitrogens with one attached hydrogen (secondary N) is 2. The summed E-state index contributed by atoms with van der Waals surface area (Å²) in [7, 11) is -2.89. The zero-order chi connectivity index (χ0) is 13.9. The van der Waals surface area contributed by atoms with Gasteiger partial charge in [0, 0.05) is 32.5 Å². The molecular weight excluding hydrogens is 381 g/mol. The van der Waals surface area contributed by atoms with Crippen molar-refractivity contribution in [1.29, 1.82) is 0 Å². The van der Waals surface area contributed by atoms with Gasteiger partial charge in [-0.15, -0.1) is 24.0 Å². The lowest BCUT2D eigenvalue weighted by Crippen LogP contribution is -2.39. The van der Waals surface area contributed by atoms with Gasteiger partial charge in [-0.1, -0.05) is 0 Å². The molecule has 0 atom stereocenters. The summed E-state index contributed by atoms with van der Waals surface area (Å²) in [6.07, 6.45) is 1.78. The molecule has 0 saturated heterocycles. The van der Waals surface area contributed by atoms with Crippen LogP contribution in [0.15, 0.2) is 4.99 Å². The van der Waals surface area contributed by atoms with E-state index < -0.39 is 9.84 Å². The maximum absolute atomic E-state index is 10.9. The van der Waals surface area contributed by atoms with Crippen molar-refractivity contribution >= 4 is 39.8 Å². The highest BCUT2D eigenvalue weighted by Gasteiger charge is 2.01. The van der Waals surface area contributed by atoms with E-state index in [9.17, 15) is 8.42 Å². The van der Waals surface area contributed by atoms with Crippen LogP contribution in [0, 0.1) is 0 Å². The molecule has 0 heterocycles. The number of ether oxygens (including phenoxy) is 1. The third-order valence-corrected chi connectivity index (χ3v) is 3.06. The first-order chi connectivity index (χ1) is 8.49. The third kappa shape index (κ3) is 15.9. The van der Waals surface area contributed by atoms with Gasteiger partial charge in [0.1, 0.15) is 9.84 Å². The summed E-state index contributed by atoms with van der Waals surface area (Å²) < 4.78 is 27.1. The first-order valence-electron chi connectivity index (χ1n) is 6.27. The molecule has 116 valence electrons. The minimum absolute atomic E-state index is 0. The van der Waals surface area contributed by atoms with Crippen LogP contribution in [0.3, 0.4) is 0 Å². The molecule has 0 aromatic carbocycles. The quantitative estimate of drug-likeness (QED) is 0.254. The molecule has 0 aliphatic heterocycles. The molecule has 0 rings (SSSR count). The van der Waals surface area contributed by atoms with Gasteiger partial charge in [0.25, 0.3) is 0 Å². The lowest BCUT2D eigenvalue weighted by atomic mass is 10.5. The van der Waals surface area contributed by atoms with Crippen molar-refractivity contribution in [2.45, 2.75) is 20.3 Å². The van der Waals surface area contributed by atoms with Gasteiger partial charge < -0.3 is 15.4 Å². The van der Waals surface area contributed by atoms with Crippen molar-refractivity contribution in [2.75, 3.05) is 44.9 Å². The molecule has 0 aromatic rings. The monoisotopic (exact) mass is 407 g/mol. The summed E-state index contributed by atoms with van der Waals surface area (Å²) >= 11 is 0. The van der Waals surface area contributed by atoms with E-state index in [2.05, 4.69) is 15.6 Å². The molecule has 8 heteroatoms. The highest BCUT2D eigenvalue weighted by atomic mass is 127. The van der Waals surface area contributed by atoms with E-state index in [0.717, 1.165) is 6.54 Å². The lowest BCUT2D eigenvalue weighted by Gasteiger charge is -2.10. The number of sulfone groups is 1. The third-order valence-electron chi connectivity index (χ3n) is 2.03. The zero-order valence-corrected chi connectivity index (χ0v) is 15.1. The van der Waals surface area contributed by atoms with E-state index in [1.54, 1.807) is 0 Å². The van der Waals surface area contributed by atoms with Gasteiger partial charge in [-0.05, 0) is 20.3 Å². The molecule has 0 unspecified atom stereocenters. The normalized spacial score (nSPS) is 11.8. The van der Waals surface area contributed by atoms with Crippen molar-refractivity contribution < 1.29 is 13.2 Å². The van der Waals surface area contributed by atoms with Crippen molar-refractivity contribution in [3.05, 3.63) is 0 Å². The van der Waals surface area contributed by atoms with Crippen LogP contribution in [0.2, 0.25) is 0 Å². The topological polar surface area (TPSA) is 79.8 Å². The number of hydrogen-bond acceptors (Lipinski definition) is 4. The fourth-order valence-electron chi connectivity index (χ4n) is 1.25. The number of guanidine groups is 1. The Kier molecular flexibility index (Phi) is 14.4. The molecule has 0 radical (unpaired) electrons. The second kappa shape index (κ2) is 12.9. The van der Waals surface area contributed by atoms with Gasteiger partial charge in [0.2, 0.25) is 0 Å². The highest BCUT2D eigenvalue weighted by molar-refractivity contribution is 14.0. The minimum atomic E-state index is -2.89. The molecule has 0 spiro atoms. The van der Waals surface area contributed by atoms with Gasteiger partial charge in [0.05, 0.1) is 12.4 Å². The Hall–Kier alpha value is -0.0900. The van der Waals surface area contributed by atoms with Crippen molar-refractivity contribution in [1.82, 2.24) is 10.6 Å². The Bertz CT molecular complexity index is 334. The summed E-state index contributed by atoms with van der Waals surface area (Å²) in [6.45, 7) is 7.21. The lowest BCUT2D eigenvalue weighted by molar-refractivity contribution is 0.152. The Labute approximate surface area is 133 Å². The molecule has 0 fully saturated rings. The number of aliphatic imine (C=N–C) groups is 1. The van der Waals surface area contributed by atoms with E-state index in [1.165, 1.54) is 6.26 Å². The average Bonchev–Trinajstić information content (AvgIpc) is 2.28. The fraction of sp³-hybridized carbons (Fsp3) is 0.909. The molecule has 0 aliphatic carbocycles. The van der Waals surface area contributed by atoms with E-state index in [0.29, 0.717) is 38.7 Å². The van der Waals surface area contributed by atoms with Crippen LogP contribution in [0.1, 0.15) is 20.3 Å². The Morgan fingerprint density at radius 1 is 1.26 bits per heavy atom. The number of rotatable bonds is 9. The highest BCUT2D eigenvalue weighted by Crippen LogP contribution is 1.89. The largest absolute Gasteiger partial charge is 0.380 e. The SMILES string of the molecule is CCNC(=NCCCS(C)(=O)=O)NCCOCC.I. The van der Waals surface area contributed by atoms with E-state index in [-0.39, 0.29) is 29.7 Å². The molecule has 6 nitrogen and oxygen atoms in total. The number of nitrogens with zero attached hydrogens (tertiary/aromatic N) is 1. The van der Waals surface area contributed by atoms with Crippen LogP contribution in [0.5, 0.6) is 0 Å². The maximum Gasteiger partial charge on any atom is 0.191 e. The second-order valence-corrected chi connectivity index (χ2v) is 6.13. The molecule has 0 bridgehead atoms. The van der Waals surface area contributed by atoms with Crippen LogP contribution in [0.4, 0.5) is 0 Å². The minimum Gasteiger partial charge on any atom is -0.380 e. The van der Waals surface area contributed by atoms with Gasteiger partial charge in [0.15, 0.2) is 5.96 Å². The summed E-state index contributed by atoms with van der Waals surface area (Å²) in [5.41, 5.74) is 0. The van der Waals surface area contributed by atoms with Gasteiger partial charge in [-0.2, -0.15) is 0 Å². The first kappa shape index (κ1) is 21.2. The van der Waals surface area contributed by atoms with Gasteiger partial charge in [-0.3, -0.25) is 4.99 Å². The molecule has 0 aliphatic rings. The van der Waals surface area contributed by atoms with Gasteiger partial charge >= 0.3 is 0 Å². The van der Waals surface area contributed by atoms with Crippen LogP contribution in [-0.2, 0) is 14.6 Å². The Morgan fingerprint density at radius 2 is 1.95 bits per heavy atom. The summed E-state index contributed by atoms with van der Waals surface area (Å²) in [5.74, 6) is 0.875. The predicted molar refractivity (Wildman–Crippen MR) is 90.2 cm³/mol. The van der Waals surface area contributed by atoms with Gasteiger partial charge in [-0.25, -0.2) is 8.42 Å². The van der Waals surface area contributed by atoms with E-state index >= 15 is 0 Å². The Morgan fingerprint density at radius 3 is 2.47 bits per heavy atom. The number of halogens is 1. The molecule has 19 heavy (non-hydrogen) atoms. The second-order valence-electron chi connectivity index (χ2n) is 3.87. The average molecular weight is 407 g/mol. The summed E-state index contributed by atoms with van der Waals surface area (Å²) in [4.78, 5) is 4.29. The molecule has 0 amide bonds. The van der Waals surface area contributed by atoms with Crippen molar-refractivity contribution in [2.24, 2.45) is 4.99 Å². The summed E-state index contributed by atoms with van der Waals surface area (Å²) in [6, 6.07) is 0. The molecule has 0 aromatic heterocycles. The smallest absolute Gasteiger partial charge is 0.191 e. The van der Waals surface area contributed by atoms with Crippen molar-refractivity contribution in [3.8, 4) is 0 Å². The van der Waals surface area contributed by atoms with Crippen LogP contribution in [0.25, 0.3) is 0 Å². The van der Waals surface area contributed by atoms with Crippen molar-refractivity contribution in [3.63, 3.8) is 0 Å². The molecule has 2 N–H and O–H groups in total. The predicted octanol–water partition coefficient (Wildman–Crippen LogP) is 0.631. The summed E-state index contributed by atoms with van der Waals surface area (Å²) in [5, 5.41) is 6.21. The standard InChI is InChI=1S/C11H25N3O3S.HI/c1-4-12-11(14-8-9-17-5-2)13-7-6-10-18(3,15)16;/h4-10H2,1-3H3,(H2,12,13,14);1H. The van der Waals surface area contributed by atoms with E-state index in [1.807, 2.05) is 13.8 Å². The first-order valence-corrected chi connectivity index (χ1v) is 8.33. The molecule has 0 saturated carbocycles. The number of hydrogen-bond donors (Lipinski definition) is 2. The van der Waals surface area contributed by atoms with Crippen LogP contribution >= 0.6 is 24.0 Å². The maximum atomic E-state index is 10.9.